The predicted molar refractivity (Wildman–Crippen MR) is 93.8 cm³/mol. The molecule has 4 rings (SSSR count). The molecule has 1 N–H and O–H groups in total. The number of rotatable bonds is 4. The highest BCUT2D eigenvalue weighted by Gasteiger charge is 2.45. The van der Waals surface area contributed by atoms with Crippen LogP contribution in [0.1, 0.15) is 49.1 Å². The van der Waals surface area contributed by atoms with E-state index in [4.69, 9.17) is 4.74 Å². The number of carbonyl (C=O) groups excluding carboxylic acids is 1. The van der Waals surface area contributed by atoms with Crippen LogP contribution in [0.15, 0.2) is 36.4 Å². The van der Waals surface area contributed by atoms with E-state index in [2.05, 4.69) is 5.32 Å². The van der Waals surface area contributed by atoms with Crippen LogP contribution in [0.25, 0.3) is 0 Å². The number of benzene rings is 2. The van der Waals surface area contributed by atoms with Gasteiger partial charge in [-0.05, 0) is 56.0 Å². The van der Waals surface area contributed by atoms with Gasteiger partial charge in [0.2, 0.25) is 5.91 Å². The first-order valence-electron chi connectivity index (χ1n) is 9.14. The Kier molecular flexibility index (Phi) is 4.58. The Labute approximate surface area is 155 Å². The second kappa shape index (κ2) is 6.91. The summed E-state index contributed by atoms with van der Waals surface area (Å²) in [6.07, 6.45) is 3.68. The van der Waals surface area contributed by atoms with Crippen LogP contribution in [-0.4, -0.2) is 11.5 Å². The number of ether oxygens (including phenoxy) is 1. The Morgan fingerprint density at radius 1 is 1.15 bits per heavy atom. The zero-order chi connectivity index (χ0) is 19.0. The number of carbonyl (C=O) groups is 1. The van der Waals surface area contributed by atoms with E-state index in [-0.39, 0.29) is 41.8 Å². The molecule has 3 nitrogen and oxygen atoms in total. The summed E-state index contributed by atoms with van der Waals surface area (Å²) in [5.41, 5.74) is 0.243. The van der Waals surface area contributed by atoms with Gasteiger partial charge in [0.25, 0.3) is 0 Å². The summed E-state index contributed by atoms with van der Waals surface area (Å²) in [4.78, 5) is 12.4. The first-order chi connectivity index (χ1) is 13.0. The molecule has 1 aliphatic heterocycles. The molecular formula is C21H20F3NO2. The van der Waals surface area contributed by atoms with E-state index < -0.39 is 11.6 Å². The van der Waals surface area contributed by atoms with Crippen molar-refractivity contribution in [2.24, 2.45) is 0 Å². The van der Waals surface area contributed by atoms with E-state index in [0.29, 0.717) is 17.7 Å². The second-order valence-electron chi connectivity index (χ2n) is 7.40. The second-order valence-corrected chi connectivity index (χ2v) is 7.40. The van der Waals surface area contributed by atoms with Gasteiger partial charge in [-0.1, -0.05) is 6.07 Å². The van der Waals surface area contributed by atoms with Crippen LogP contribution in [-0.2, 0) is 11.3 Å². The number of nitrogens with one attached hydrogen (secondary N) is 1. The average Bonchev–Trinajstić information content (AvgIpc) is 2.60. The first-order valence-corrected chi connectivity index (χ1v) is 9.14. The molecular weight excluding hydrogens is 355 g/mol. The molecule has 2 aromatic carbocycles. The molecule has 1 fully saturated rings. The number of fused-ring (bicyclic) bond motifs is 1. The molecule has 0 saturated heterocycles. The van der Waals surface area contributed by atoms with Gasteiger partial charge in [-0.2, -0.15) is 0 Å². The highest BCUT2D eigenvalue weighted by molar-refractivity contribution is 5.77. The first kappa shape index (κ1) is 17.9. The van der Waals surface area contributed by atoms with E-state index in [1.54, 1.807) is 6.07 Å². The molecule has 1 spiro atoms. The fraction of sp³-hybridized carbons (Fsp3) is 0.381. The average molecular weight is 375 g/mol. The van der Waals surface area contributed by atoms with Crippen molar-refractivity contribution in [2.75, 3.05) is 0 Å². The van der Waals surface area contributed by atoms with Gasteiger partial charge in [-0.15, -0.1) is 0 Å². The van der Waals surface area contributed by atoms with Gasteiger partial charge < -0.3 is 10.1 Å². The fourth-order valence-corrected chi connectivity index (χ4v) is 4.01. The van der Waals surface area contributed by atoms with Crippen molar-refractivity contribution in [1.29, 1.82) is 0 Å². The predicted octanol–water partition coefficient (Wildman–Crippen LogP) is 4.60. The summed E-state index contributed by atoms with van der Waals surface area (Å²) >= 11 is 0. The molecule has 2 aliphatic rings. The lowest BCUT2D eigenvalue weighted by Crippen LogP contribution is -2.47. The maximum atomic E-state index is 13.7. The third-order valence-electron chi connectivity index (χ3n) is 5.58. The highest BCUT2D eigenvalue weighted by atomic mass is 19.1. The molecule has 1 heterocycles. The van der Waals surface area contributed by atoms with Crippen LogP contribution >= 0.6 is 0 Å². The maximum absolute atomic E-state index is 13.7. The molecule has 6 heteroatoms. The van der Waals surface area contributed by atoms with Crippen molar-refractivity contribution in [3.8, 4) is 5.75 Å². The molecule has 1 saturated carbocycles. The topological polar surface area (TPSA) is 38.3 Å². The molecule has 27 heavy (non-hydrogen) atoms. The number of amides is 1. The van der Waals surface area contributed by atoms with Crippen molar-refractivity contribution < 1.29 is 22.7 Å². The van der Waals surface area contributed by atoms with Crippen LogP contribution in [0, 0.1) is 17.5 Å². The summed E-state index contributed by atoms with van der Waals surface area (Å²) in [5, 5.41) is 2.58. The number of hydrogen-bond acceptors (Lipinski definition) is 2. The Bertz CT molecular complexity index is 859. The fourth-order valence-electron chi connectivity index (χ4n) is 4.01. The SMILES string of the molecule is O=C(CC1CC2(CCC2)Oc2ccc(F)cc21)NCc1c(F)cccc1F. The highest BCUT2D eigenvalue weighted by Crippen LogP contribution is 2.50. The van der Waals surface area contributed by atoms with Crippen molar-refractivity contribution in [1.82, 2.24) is 5.32 Å². The van der Waals surface area contributed by atoms with Crippen LogP contribution in [0.2, 0.25) is 0 Å². The minimum Gasteiger partial charge on any atom is -0.487 e. The van der Waals surface area contributed by atoms with Gasteiger partial charge in [0.05, 0.1) is 0 Å². The van der Waals surface area contributed by atoms with Gasteiger partial charge in [0, 0.05) is 30.0 Å². The van der Waals surface area contributed by atoms with Gasteiger partial charge in [-0.25, -0.2) is 13.2 Å². The summed E-state index contributed by atoms with van der Waals surface area (Å²) < 4.78 is 47.2. The van der Waals surface area contributed by atoms with E-state index in [1.165, 1.54) is 18.2 Å². The Morgan fingerprint density at radius 3 is 2.56 bits per heavy atom. The van der Waals surface area contributed by atoms with Crippen LogP contribution in [0.3, 0.4) is 0 Å². The molecule has 0 aromatic heterocycles. The molecule has 1 unspecified atom stereocenters. The summed E-state index contributed by atoms with van der Waals surface area (Å²) in [5.74, 6) is -1.64. The summed E-state index contributed by atoms with van der Waals surface area (Å²) in [6.45, 7) is -0.221. The Morgan fingerprint density at radius 2 is 1.89 bits per heavy atom. The third kappa shape index (κ3) is 3.53. The summed E-state index contributed by atoms with van der Waals surface area (Å²) in [6, 6.07) is 7.97. The van der Waals surface area contributed by atoms with Crippen molar-refractivity contribution in [2.45, 2.75) is 50.2 Å². The maximum Gasteiger partial charge on any atom is 0.220 e. The van der Waals surface area contributed by atoms with Gasteiger partial charge in [0.1, 0.15) is 28.8 Å². The molecule has 0 radical (unpaired) electrons. The van der Waals surface area contributed by atoms with Crippen molar-refractivity contribution in [3.63, 3.8) is 0 Å². The quantitative estimate of drug-likeness (QED) is 0.848. The van der Waals surface area contributed by atoms with Crippen molar-refractivity contribution in [3.05, 3.63) is 65.0 Å². The zero-order valence-corrected chi connectivity index (χ0v) is 14.7. The molecule has 1 atom stereocenters. The molecule has 0 bridgehead atoms. The third-order valence-corrected chi connectivity index (χ3v) is 5.58. The van der Waals surface area contributed by atoms with E-state index in [0.717, 1.165) is 31.4 Å². The molecule has 142 valence electrons. The lowest BCUT2D eigenvalue weighted by Gasteiger charge is -2.48. The normalized spacial score (nSPS) is 19.7. The lowest BCUT2D eigenvalue weighted by atomic mass is 9.70. The number of hydrogen-bond donors (Lipinski definition) is 1. The van der Waals surface area contributed by atoms with Gasteiger partial charge in [-0.3, -0.25) is 4.79 Å². The van der Waals surface area contributed by atoms with Gasteiger partial charge in [0.15, 0.2) is 0 Å². The molecule has 1 aliphatic carbocycles. The monoisotopic (exact) mass is 375 g/mol. The summed E-state index contributed by atoms with van der Waals surface area (Å²) in [7, 11) is 0. The van der Waals surface area contributed by atoms with Crippen LogP contribution < -0.4 is 10.1 Å². The van der Waals surface area contributed by atoms with E-state index in [9.17, 15) is 18.0 Å². The zero-order valence-electron chi connectivity index (χ0n) is 14.7. The molecule has 2 aromatic rings. The largest absolute Gasteiger partial charge is 0.487 e. The molecule has 1 amide bonds. The van der Waals surface area contributed by atoms with Crippen LogP contribution in [0.4, 0.5) is 13.2 Å². The van der Waals surface area contributed by atoms with E-state index in [1.807, 2.05) is 0 Å². The smallest absolute Gasteiger partial charge is 0.220 e. The Hall–Kier alpha value is -2.50. The minimum absolute atomic E-state index is 0.123. The van der Waals surface area contributed by atoms with Crippen LogP contribution in [0.5, 0.6) is 5.75 Å². The van der Waals surface area contributed by atoms with E-state index >= 15 is 0 Å². The number of halogens is 3. The van der Waals surface area contributed by atoms with Crippen molar-refractivity contribution >= 4 is 5.91 Å². The standard InChI is InChI=1S/C21H20F3NO2/c22-14-5-6-19-15(10-14)13(11-21(27-19)7-2-8-21)9-20(26)25-12-16-17(23)3-1-4-18(16)24/h1,3-6,10,13H,2,7-9,11-12H2,(H,25,26). The minimum atomic E-state index is -0.692. The van der Waals surface area contributed by atoms with Gasteiger partial charge >= 0.3 is 0 Å². The lowest BCUT2D eigenvalue weighted by molar-refractivity contribution is -0.122. The Balaban J connectivity index is 1.48.